The number of nitriles is 1. The Hall–Kier alpha value is -3.82. The Morgan fingerprint density at radius 2 is 1.78 bits per heavy atom. The quantitative estimate of drug-likeness (QED) is 0.360. The van der Waals surface area contributed by atoms with Gasteiger partial charge in [-0.15, -0.1) is 11.3 Å². The number of ether oxygens (including phenoxy) is 1. The summed E-state index contributed by atoms with van der Waals surface area (Å²) in [7, 11) is -3.58. The molecule has 0 saturated carbocycles. The van der Waals surface area contributed by atoms with E-state index in [1.807, 2.05) is 23.6 Å². The largest absolute Gasteiger partial charge is 0.463 e. The van der Waals surface area contributed by atoms with Crippen LogP contribution >= 0.6 is 11.3 Å². The maximum absolute atomic E-state index is 12.9. The van der Waals surface area contributed by atoms with Crippen molar-refractivity contribution in [3.63, 3.8) is 0 Å². The van der Waals surface area contributed by atoms with Gasteiger partial charge in [-0.2, -0.15) is 14.7 Å². The lowest BCUT2D eigenvalue weighted by Gasteiger charge is -2.26. The van der Waals surface area contributed by atoms with Crippen LogP contribution < -0.4 is 4.80 Å². The highest BCUT2D eigenvalue weighted by Crippen LogP contribution is 2.23. The third kappa shape index (κ3) is 5.07. The Labute approximate surface area is 211 Å². The molecule has 182 valence electrons. The van der Waals surface area contributed by atoms with Crippen molar-refractivity contribution < 1.29 is 17.6 Å². The summed E-state index contributed by atoms with van der Waals surface area (Å²) in [5.41, 5.74) is 2.70. The molecule has 0 bridgehead atoms. The molecule has 0 radical (unpaired) electrons. The molecular weight excluding hydrogens is 498 g/mol. The number of morpholine rings is 1. The van der Waals surface area contributed by atoms with Gasteiger partial charge in [0, 0.05) is 18.5 Å². The van der Waals surface area contributed by atoms with Crippen LogP contribution in [0.15, 0.2) is 91.7 Å². The van der Waals surface area contributed by atoms with Gasteiger partial charge < -0.3 is 9.15 Å². The van der Waals surface area contributed by atoms with E-state index in [4.69, 9.17) is 19.4 Å². The van der Waals surface area contributed by atoms with Gasteiger partial charge in [0.15, 0.2) is 5.76 Å². The Bertz CT molecular complexity index is 1570. The number of aromatic nitrogens is 1. The van der Waals surface area contributed by atoms with Crippen molar-refractivity contribution in [1.82, 2.24) is 8.98 Å². The average Bonchev–Trinajstić information content (AvgIpc) is 3.59. The number of hydrogen-bond acceptors (Lipinski definition) is 8. The van der Waals surface area contributed by atoms with Crippen LogP contribution in [0.3, 0.4) is 0 Å². The minimum atomic E-state index is -3.58. The maximum atomic E-state index is 12.9. The van der Waals surface area contributed by atoms with Gasteiger partial charge in [-0.25, -0.2) is 18.1 Å². The molecule has 0 aliphatic carbocycles. The molecule has 0 N–H and O–H groups in total. The van der Waals surface area contributed by atoms with E-state index in [-0.39, 0.29) is 4.90 Å². The van der Waals surface area contributed by atoms with Crippen LogP contribution in [-0.2, 0) is 14.8 Å². The van der Waals surface area contributed by atoms with Gasteiger partial charge in [-0.05, 0) is 54.1 Å². The summed E-state index contributed by atoms with van der Waals surface area (Å²) in [6.45, 7) is 1.48. The molecule has 0 amide bonds. The SMILES string of the molecule is N#Cc1ccc(C=Nn2c(-c3ccco3)csc2=Nc2ccc(S(=O)(=O)N3CCOCC3)cc2)cc1. The fourth-order valence-electron chi connectivity index (χ4n) is 3.59. The van der Waals surface area contributed by atoms with E-state index in [1.165, 1.54) is 15.6 Å². The van der Waals surface area contributed by atoms with Gasteiger partial charge in [-0.3, -0.25) is 0 Å². The van der Waals surface area contributed by atoms with E-state index in [9.17, 15) is 8.42 Å². The van der Waals surface area contributed by atoms with Crippen molar-refractivity contribution in [3.05, 3.63) is 88.2 Å². The van der Waals surface area contributed by atoms with E-state index < -0.39 is 10.0 Å². The summed E-state index contributed by atoms with van der Waals surface area (Å²) >= 11 is 1.38. The number of benzene rings is 2. The topological polar surface area (TPSA) is 113 Å². The minimum Gasteiger partial charge on any atom is -0.463 e. The van der Waals surface area contributed by atoms with Gasteiger partial charge in [0.25, 0.3) is 0 Å². The molecule has 5 rings (SSSR count). The van der Waals surface area contributed by atoms with Crippen LogP contribution in [0.4, 0.5) is 5.69 Å². The number of furan rings is 1. The second-order valence-electron chi connectivity index (χ2n) is 7.79. The van der Waals surface area contributed by atoms with Gasteiger partial charge in [0.2, 0.25) is 14.8 Å². The fourth-order valence-corrected chi connectivity index (χ4v) is 5.84. The van der Waals surface area contributed by atoms with E-state index >= 15 is 0 Å². The molecule has 4 aromatic rings. The van der Waals surface area contributed by atoms with Gasteiger partial charge >= 0.3 is 0 Å². The summed E-state index contributed by atoms with van der Waals surface area (Å²) in [4.78, 5) is 5.50. The Balaban J connectivity index is 1.48. The van der Waals surface area contributed by atoms with Gasteiger partial charge in [0.05, 0.1) is 47.9 Å². The highest BCUT2D eigenvalue weighted by molar-refractivity contribution is 7.89. The van der Waals surface area contributed by atoms with Crippen molar-refractivity contribution in [2.24, 2.45) is 10.1 Å². The first kappa shape index (κ1) is 23.9. The zero-order valence-electron chi connectivity index (χ0n) is 19.0. The fraction of sp³-hybridized carbons (Fsp3) is 0.160. The van der Waals surface area contributed by atoms with Crippen LogP contribution in [0.5, 0.6) is 0 Å². The summed E-state index contributed by atoms with van der Waals surface area (Å²) in [6.07, 6.45) is 3.27. The van der Waals surface area contributed by atoms with Crippen molar-refractivity contribution in [1.29, 1.82) is 5.26 Å². The predicted octanol–water partition coefficient (Wildman–Crippen LogP) is 3.82. The summed E-state index contributed by atoms with van der Waals surface area (Å²) in [5.74, 6) is 0.636. The Morgan fingerprint density at radius 1 is 1.03 bits per heavy atom. The number of rotatable bonds is 6. The molecule has 0 atom stereocenters. The first-order valence-corrected chi connectivity index (χ1v) is 13.4. The van der Waals surface area contributed by atoms with Crippen LogP contribution in [0.25, 0.3) is 11.5 Å². The predicted molar refractivity (Wildman–Crippen MR) is 135 cm³/mol. The standard InChI is InChI=1S/C25H21N5O4S2/c26-16-19-3-5-20(6-4-19)17-27-30-23(24-2-1-13-34-24)18-35-25(30)28-21-7-9-22(10-8-21)36(31,32)29-11-14-33-15-12-29/h1-10,13,17-18H,11-12,14-15H2. The smallest absolute Gasteiger partial charge is 0.243 e. The zero-order valence-corrected chi connectivity index (χ0v) is 20.7. The van der Waals surface area contributed by atoms with Gasteiger partial charge in [0.1, 0.15) is 5.69 Å². The normalized spacial score (nSPS) is 15.4. The van der Waals surface area contributed by atoms with E-state index in [1.54, 1.807) is 59.6 Å². The summed E-state index contributed by atoms with van der Waals surface area (Å²) in [5, 5.41) is 15.5. The lowest BCUT2D eigenvalue weighted by molar-refractivity contribution is 0.0730. The maximum Gasteiger partial charge on any atom is 0.243 e. The summed E-state index contributed by atoms with van der Waals surface area (Å²) < 4.78 is 39.7. The molecule has 1 fully saturated rings. The number of hydrogen-bond donors (Lipinski definition) is 0. The molecule has 0 unspecified atom stereocenters. The molecule has 9 nitrogen and oxygen atoms in total. The van der Waals surface area contributed by atoms with E-state index in [0.717, 1.165) is 11.3 Å². The third-order valence-electron chi connectivity index (χ3n) is 5.49. The first-order valence-electron chi connectivity index (χ1n) is 11.1. The van der Waals surface area contributed by atoms with Crippen molar-refractivity contribution in [3.8, 4) is 17.5 Å². The third-order valence-corrected chi connectivity index (χ3v) is 8.22. The van der Waals surface area contributed by atoms with Crippen molar-refractivity contribution in [2.45, 2.75) is 4.90 Å². The minimum absolute atomic E-state index is 0.220. The molecule has 3 heterocycles. The highest BCUT2D eigenvalue weighted by atomic mass is 32.2. The molecule has 0 spiro atoms. The monoisotopic (exact) mass is 519 g/mol. The first-order chi connectivity index (χ1) is 17.5. The van der Waals surface area contributed by atoms with E-state index in [0.29, 0.717) is 48.1 Å². The van der Waals surface area contributed by atoms with Crippen LogP contribution in [0, 0.1) is 11.3 Å². The van der Waals surface area contributed by atoms with Gasteiger partial charge in [-0.1, -0.05) is 12.1 Å². The highest BCUT2D eigenvalue weighted by Gasteiger charge is 2.26. The molecule has 11 heteroatoms. The number of nitrogens with zero attached hydrogens (tertiary/aromatic N) is 5. The molecule has 36 heavy (non-hydrogen) atoms. The molecular formula is C25H21N5O4S2. The van der Waals surface area contributed by atoms with E-state index in [2.05, 4.69) is 11.2 Å². The second kappa shape index (κ2) is 10.4. The average molecular weight is 520 g/mol. The lowest BCUT2D eigenvalue weighted by atomic mass is 10.2. The second-order valence-corrected chi connectivity index (χ2v) is 10.6. The van der Waals surface area contributed by atoms with Crippen LogP contribution in [0.1, 0.15) is 11.1 Å². The molecule has 1 aliphatic rings. The molecule has 2 aromatic carbocycles. The Morgan fingerprint density at radius 3 is 2.44 bits per heavy atom. The Kier molecular flexibility index (Phi) is 6.92. The molecule has 1 aliphatic heterocycles. The van der Waals surface area contributed by atoms with Crippen molar-refractivity contribution in [2.75, 3.05) is 26.3 Å². The number of thiazole rings is 1. The lowest BCUT2D eigenvalue weighted by Crippen LogP contribution is -2.40. The summed E-state index contributed by atoms with van der Waals surface area (Å²) in [6, 6.07) is 19.3. The zero-order chi connectivity index (χ0) is 25.0. The van der Waals surface area contributed by atoms with Crippen molar-refractivity contribution >= 4 is 33.3 Å². The molecule has 2 aromatic heterocycles. The number of sulfonamides is 1. The molecule has 1 saturated heterocycles. The van der Waals surface area contributed by atoms with Crippen LogP contribution in [0.2, 0.25) is 0 Å². The van der Waals surface area contributed by atoms with Crippen LogP contribution in [-0.4, -0.2) is 49.9 Å².